The van der Waals surface area contributed by atoms with Crippen molar-refractivity contribution in [3.05, 3.63) is 87.5 Å². The van der Waals surface area contributed by atoms with Crippen LogP contribution < -0.4 is 14.8 Å². The predicted octanol–water partition coefficient (Wildman–Crippen LogP) is 4.27. The minimum atomic E-state index is -3.89. The van der Waals surface area contributed by atoms with Crippen LogP contribution in [-0.2, 0) is 10.0 Å². The first kappa shape index (κ1) is 22.8. The van der Waals surface area contributed by atoms with E-state index in [-0.39, 0.29) is 16.1 Å². The van der Waals surface area contributed by atoms with Gasteiger partial charge in [0.15, 0.2) is 0 Å². The number of nitro benzene ring substituents is 1. The van der Waals surface area contributed by atoms with Gasteiger partial charge in [-0.05, 0) is 67.9 Å². The molecular formula is C22H21N3O6S. The molecule has 0 radical (unpaired) electrons. The summed E-state index contributed by atoms with van der Waals surface area (Å²) in [6.07, 6.45) is 0. The SMILES string of the molecule is COc1ccc(C)cc1NS(=O)(=O)c1ccc(NC(=O)c2ccc([N+](=O)[O-])c(C)c2)cc1. The Kier molecular flexibility index (Phi) is 6.45. The Hall–Kier alpha value is -3.92. The van der Waals surface area contributed by atoms with Crippen LogP contribution in [0.2, 0.25) is 0 Å². The van der Waals surface area contributed by atoms with E-state index in [4.69, 9.17) is 4.74 Å². The van der Waals surface area contributed by atoms with Crippen LogP contribution in [0.25, 0.3) is 0 Å². The van der Waals surface area contributed by atoms with Gasteiger partial charge in [0.05, 0.1) is 22.6 Å². The largest absolute Gasteiger partial charge is 0.495 e. The smallest absolute Gasteiger partial charge is 0.272 e. The Morgan fingerprint density at radius 2 is 1.69 bits per heavy atom. The predicted molar refractivity (Wildman–Crippen MR) is 121 cm³/mol. The minimum Gasteiger partial charge on any atom is -0.495 e. The summed E-state index contributed by atoms with van der Waals surface area (Å²) in [6, 6.07) is 14.8. The minimum absolute atomic E-state index is 0.00485. The topological polar surface area (TPSA) is 128 Å². The van der Waals surface area contributed by atoms with Crippen molar-refractivity contribution < 1.29 is 22.9 Å². The molecule has 1 amide bonds. The van der Waals surface area contributed by atoms with E-state index >= 15 is 0 Å². The average Bonchev–Trinajstić information content (AvgIpc) is 2.73. The molecule has 0 spiro atoms. The summed E-state index contributed by atoms with van der Waals surface area (Å²) < 4.78 is 33.2. The van der Waals surface area contributed by atoms with E-state index in [0.29, 0.717) is 22.7 Å². The molecule has 0 aliphatic carbocycles. The van der Waals surface area contributed by atoms with Gasteiger partial charge in [0, 0.05) is 22.9 Å². The molecule has 2 N–H and O–H groups in total. The van der Waals surface area contributed by atoms with Crippen LogP contribution in [0.5, 0.6) is 5.75 Å². The molecule has 0 aliphatic heterocycles. The first-order valence-corrected chi connectivity index (χ1v) is 10.9. The van der Waals surface area contributed by atoms with E-state index < -0.39 is 20.9 Å². The fourth-order valence-corrected chi connectivity index (χ4v) is 4.09. The summed E-state index contributed by atoms with van der Waals surface area (Å²) in [5.74, 6) is -0.0809. The van der Waals surface area contributed by atoms with Crippen molar-refractivity contribution in [3.8, 4) is 5.75 Å². The number of nitrogens with one attached hydrogen (secondary N) is 2. The van der Waals surface area contributed by atoms with Gasteiger partial charge in [-0.25, -0.2) is 8.42 Å². The third-order valence-electron chi connectivity index (χ3n) is 4.68. The van der Waals surface area contributed by atoms with E-state index in [1.165, 1.54) is 49.6 Å². The van der Waals surface area contributed by atoms with Gasteiger partial charge < -0.3 is 10.1 Å². The molecule has 3 rings (SSSR count). The van der Waals surface area contributed by atoms with Crippen molar-refractivity contribution in [3.63, 3.8) is 0 Å². The lowest BCUT2D eigenvalue weighted by Gasteiger charge is -2.13. The fourth-order valence-electron chi connectivity index (χ4n) is 3.03. The van der Waals surface area contributed by atoms with Crippen molar-refractivity contribution in [2.75, 3.05) is 17.1 Å². The van der Waals surface area contributed by atoms with E-state index in [9.17, 15) is 23.3 Å². The average molecular weight is 455 g/mol. The number of methoxy groups -OCH3 is 1. The molecule has 3 aromatic carbocycles. The summed E-state index contributed by atoms with van der Waals surface area (Å²) in [7, 11) is -2.43. The molecule has 0 atom stereocenters. The number of rotatable bonds is 7. The third-order valence-corrected chi connectivity index (χ3v) is 6.06. The molecule has 9 nitrogen and oxygen atoms in total. The Labute approximate surface area is 185 Å². The maximum absolute atomic E-state index is 12.8. The van der Waals surface area contributed by atoms with Crippen LogP contribution in [0.15, 0.2) is 65.6 Å². The zero-order chi connectivity index (χ0) is 23.5. The van der Waals surface area contributed by atoms with Crippen molar-refractivity contribution >= 4 is 33.0 Å². The summed E-state index contributed by atoms with van der Waals surface area (Å²) in [5.41, 5.74) is 2.09. The van der Waals surface area contributed by atoms with Crippen molar-refractivity contribution in [2.45, 2.75) is 18.7 Å². The number of carbonyl (C=O) groups excluding carboxylic acids is 1. The van der Waals surface area contributed by atoms with Gasteiger partial charge in [0.25, 0.3) is 21.6 Å². The number of sulfonamides is 1. The number of nitro groups is 1. The highest BCUT2D eigenvalue weighted by molar-refractivity contribution is 7.92. The monoisotopic (exact) mass is 455 g/mol. The second-order valence-electron chi connectivity index (χ2n) is 7.05. The molecule has 0 heterocycles. The molecule has 0 saturated carbocycles. The number of nitrogens with zero attached hydrogens (tertiary/aromatic N) is 1. The maximum atomic E-state index is 12.8. The van der Waals surface area contributed by atoms with E-state index in [2.05, 4.69) is 10.0 Å². The lowest BCUT2D eigenvalue weighted by Crippen LogP contribution is -2.15. The maximum Gasteiger partial charge on any atom is 0.272 e. The Morgan fingerprint density at radius 3 is 2.28 bits per heavy atom. The van der Waals surface area contributed by atoms with Gasteiger partial charge in [-0.2, -0.15) is 0 Å². The number of carbonyl (C=O) groups is 1. The Bertz CT molecular complexity index is 1290. The number of anilines is 2. The molecule has 0 aromatic heterocycles. The van der Waals surface area contributed by atoms with Gasteiger partial charge in [-0.3, -0.25) is 19.6 Å². The molecule has 0 aliphatic rings. The number of hydrogen-bond acceptors (Lipinski definition) is 6. The summed E-state index contributed by atoms with van der Waals surface area (Å²) in [6.45, 7) is 3.38. The van der Waals surface area contributed by atoms with Gasteiger partial charge in [-0.15, -0.1) is 0 Å². The van der Waals surface area contributed by atoms with E-state index in [0.717, 1.165) is 5.56 Å². The molecule has 32 heavy (non-hydrogen) atoms. The number of benzene rings is 3. The zero-order valence-electron chi connectivity index (χ0n) is 17.6. The lowest BCUT2D eigenvalue weighted by molar-refractivity contribution is -0.385. The van der Waals surface area contributed by atoms with Crippen molar-refractivity contribution in [1.29, 1.82) is 0 Å². The first-order valence-electron chi connectivity index (χ1n) is 9.44. The van der Waals surface area contributed by atoms with Crippen LogP contribution in [0.4, 0.5) is 17.1 Å². The van der Waals surface area contributed by atoms with Gasteiger partial charge >= 0.3 is 0 Å². The third kappa shape index (κ3) is 5.03. The molecule has 3 aromatic rings. The molecule has 10 heteroatoms. The summed E-state index contributed by atoms with van der Waals surface area (Å²) >= 11 is 0. The quantitative estimate of drug-likeness (QED) is 0.404. The molecular weight excluding hydrogens is 434 g/mol. The van der Waals surface area contributed by atoms with Crippen molar-refractivity contribution in [1.82, 2.24) is 0 Å². The Balaban J connectivity index is 1.76. The zero-order valence-corrected chi connectivity index (χ0v) is 18.4. The number of aryl methyl sites for hydroxylation is 2. The molecule has 0 bridgehead atoms. The molecule has 0 saturated heterocycles. The van der Waals surface area contributed by atoms with Crippen molar-refractivity contribution in [2.24, 2.45) is 0 Å². The van der Waals surface area contributed by atoms with Gasteiger partial charge in [-0.1, -0.05) is 6.07 Å². The van der Waals surface area contributed by atoms with E-state index in [1.807, 2.05) is 6.92 Å². The Morgan fingerprint density at radius 1 is 1.00 bits per heavy atom. The second kappa shape index (κ2) is 9.06. The summed E-state index contributed by atoms with van der Waals surface area (Å²) in [4.78, 5) is 22.9. The number of amides is 1. The normalized spacial score (nSPS) is 11.0. The highest BCUT2D eigenvalue weighted by Gasteiger charge is 2.18. The fraction of sp³-hybridized carbons (Fsp3) is 0.136. The number of ether oxygens (including phenoxy) is 1. The highest BCUT2D eigenvalue weighted by Crippen LogP contribution is 2.28. The van der Waals surface area contributed by atoms with Crippen LogP contribution >= 0.6 is 0 Å². The second-order valence-corrected chi connectivity index (χ2v) is 8.73. The number of hydrogen-bond donors (Lipinski definition) is 2. The highest BCUT2D eigenvalue weighted by atomic mass is 32.2. The summed E-state index contributed by atoms with van der Waals surface area (Å²) in [5, 5.41) is 13.6. The van der Waals surface area contributed by atoms with Crippen LogP contribution in [0.1, 0.15) is 21.5 Å². The van der Waals surface area contributed by atoms with E-state index in [1.54, 1.807) is 25.1 Å². The molecule has 166 valence electrons. The van der Waals surface area contributed by atoms with Crippen LogP contribution in [0, 0.1) is 24.0 Å². The van der Waals surface area contributed by atoms with Crippen LogP contribution in [0.3, 0.4) is 0 Å². The van der Waals surface area contributed by atoms with Gasteiger partial charge in [0.1, 0.15) is 5.75 Å². The van der Waals surface area contributed by atoms with Crippen LogP contribution in [-0.4, -0.2) is 26.4 Å². The standard InChI is InChI=1S/C22H21N3O6S/c1-14-4-11-21(31-3)19(12-14)24-32(29,30)18-8-6-17(7-9-18)23-22(26)16-5-10-20(25(27)28)15(2)13-16/h4-13,24H,1-3H3,(H,23,26). The lowest BCUT2D eigenvalue weighted by atomic mass is 10.1. The first-order chi connectivity index (χ1) is 15.1. The molecule has 0 fully saturated rings. The van der Waals surface area contributed by atoms with Gasteiger partial charge in [0.2, 0.25) is 0 Å². The molecule has 0 unspecified atom stereocenters.